The van der Waals surface area contributed by atoms with Crippen molar-refractivity contribution in [1.29, 1.82) is 0 Å². The molecule has 2 aliphatic carbocycles. The summed E-state index contributed by atoms with van der Waals surface area (Å²) in [5.41, 5.74) is 2.64. The van der Waals surface area contributed by atoms with E-state index in [1.807, 2.05) is 11.3 Å². The van der Waals surface area contributed by atoms with E-state index < -0.39 is 0 Å². The molecule has 5 heteroatoms. The van der Waals surface area contributed by atoms with Crippen molar-refractivity contribution in [3.63, 3.8) is 0 Å². The number of rotatable bonds is 4. The van der Waals surface area contributed by atoms with Crippen molar-refractivity contribution in [2.45, 2.75) is 82.8 Å². The van der Waals surface area contributed by atoms with Gasteiger partial charge in [-0.1, -0.05) is 13.3 Å². The SMILES string of the molecule is CCC(O)CC1CCc2sc3c(c21)C(OC1CCCCC1)=NCN3. The van der Waals surface area contributed by atoms with Crippen LogP contribution in [0.15, 0.2) is 4.99 Å². The van der Waals surface area contributed by atoms with Gasteiger partial charge in [-0.3, -0.25) is 0 Å². The van der Waals surface area contributed by atoms with Crippen molar-refractivity contribution in [3.05, 3.63) is 16.0 Å². The topological polar surface area (TPSA) is 53.9 Å². The average molecular weight is 349 g/mol. The van der Waals surface area contributed by atoms with Crippen LogP contribution in [-0.2, 0) is 11.2 Å². The first-order valence-electron chi connectivity index (χ1n) is 9.55. The van der Waals surface area contributed by atoms with Crippen LogP contribution in [0.5, 0.6) is 0 Å². The second kappa shape index (κ2) is 7.04. The molecule has 4 nitrogen and oxygen atoms in total. The number of anilines is 1. The van der Waals surface area contributed by atoms with Crippen LogP contribution in [0.4, 0.5) is 5.00 Å². The quantitative estimate of drug-likeness (QED) is 0.847. The van der Waals surface area contributed by atoms with E-state index in [0.29, 0.717) is 18.7 Å². The highest BCUT2D eigenvalue weighted by Gasteiger charge is 2.35. The van der Waals surface area contributed by atoms with Gasteiger partial charge in [0.25, 0.3) is 0 Å². The van der Waals surface area contributed by atoms with Gasteiger partial charge in [0.15, 0.2) is 0 Å². The van der Waals surface area contributed by atoms with E-state index in [2.05, 4.69) is 17.2 Å². The van der Waals surface area contributed by atoms with Crippen molar-refractivity contribution in [3.8, 4) is 0 Å². The van der Waals surface area contributed by atoms with Crippen LogP contribution < -0.4 is 5.32 Å². The van der Waals surface area contributed by atoms with Gasteiger partial charge in [-0.15, -0.1) is 11.3 Å². The minimum atomic E-state index is -0.201. The van der Waals surface area contributed by atoms with Crippen molar-refractivity contribution < 1.29 is 9.84 Å². The summed E-state index contributed by atoms with van der Waals surface area (Å²) >= 11 is 1.88. The molecule has 0 radical (unpaired) electrons. The fraction of sp³-hybridized carbons (Fsp3) is 0.737. The third-order valence-electron chi connectivity index (χ3n) is 5.68. The second-order valence-corrected chi connectivity index (χ2v) is 8.46. The molecule has 0 spiro atoms. The molecule has 0 amide bonds. The average Bonchev–Trinajstić information content (AvgIpc) is 3.16. The van der Waals surface area contributed by atoms with E-state index in [0.717, 1.165) is 44.4 Å². The van der Waals surface area contributed by atoms with Gasteiger partial charge in [-0.25, -0.2) is 4.99 Å². The molecule has 3 aliphatic rings. The molecule has 2 N–H and O–H groups in total. The maximum absolute atomic E-state index is 10.1. The molecule has 0 aromatic carbocycles. The Morgan fingerprint density at radius 1 is 1.29 bits per heavy atom. The molecular formula is C19H28N2O2S. The maximum Gasteiger partial charge on any atom is 0.221 e. The Morgan fingerprint density at radius 3 is 2.92 bits per heavy atom. The summed E-state index contributed by atoms with van der Waals surface area (Å²) in [6.07, 6.45) is 10.3. The van der Waals surface area contributed by atoms with Crippen LogP contribution in [0, 0.1) is 0 Å². The standard InChI is InChI=1S/C19H28N2O2S/c1-2-13(22)10-12-8-9-15-16(12)17-18(20-11-21-19(17)24-15)23-14-6-4-3-5-7-14/h12-14,21-22H,2-11H2,1H3. The lowest BCUT2D eigenvalue weighted by Crippen LogP contribution is -2.26. The predicted molar refractivity (Wildman–Crippen MR) is 99.3 cm³/mol. The highest BCUT2D eigenvalue weighted by molar-refractivity contribution is 7.16. The zero-order valence-corrected chi connectivity index (χ0v) is 15.3. The van der Waals surface area contributed by atoms with Gasteiger partial charge >= 0.3 is 0 Å². The molecule has 2 atom stereocenters. The number of aliphatic imine (C=N–C) groups is 1. The highest BCUT2D eigenvalue weighted by atomic mass is 32.1. The molecule has 2 unspecified atom stereocenters. The van der Waals surface area contributed by atoms with Crippen LogP contribution in [0.1, 0.15) is 80.2 Å². The van der Waals surface area contributed by atoms with E-state index in [-0.39, 0.29) is 6.10 Å². The Balaban J connectivity index is 1.59. The third-order valence-corrected chi connectivity index (χ3v) is 6.91. The maximum atomic E-state index is 10.1. The zero-order valence-electron chi connectivity index (χ0n) is 14.5. The molecule has 1 saturated carbocycles. The minimum absolute atomic E-state index is 0.201. The molecule has 0 bridgehead atoms. The lowest BCUT2D eigenvalue weighted by atomic mass is 9.92. The van der Waals surface area contributed by atoms with Gasteiger partial charge in [0.05, 0.1) is 11.7 Å². The lowest BCUT2D eigenvalue weighted by molar-refractivity contribution is 0.142. The summed E-state index contributed by atoms with van der Waals surface area (Å²) in [6, 6.07) is 0. The summed E-state index contributed by atoms with van der Waals surface area (Å²) in [4.78, 5) is 6.15. The number of hydrogen-bond acceptors (Lipinski definition) is 5. The number of aryl methyl sites for hydroxylation is 1. The van der Waals surface area contributed by atoms with Crippen molar-refractivity contribution in [1.82, 2.24) is 0 Å². The predicted octanol–water partition coefficient (Wildman–Crippen LogP) is 4.42. The number of thiophene rings is 1. The van der Waals surface area contributed by atoms with Gasteiger partial charge in [0, 0.05) is 4.88 Å². The number of aliphatic hydroxyl groups is 1. The van der Waals surface area contributed by atoms with Gasteiger partial charge < -0.3 is 15.2 Å². The van der Waals surface area contributed by atoms with Gasteiger partial charge in [0.1, 0.15) is 17.8 Å². The Bertz CT molecular complexity index is 619. The van der Waals surface area contributed by atoms with E-state index in [1.54, 1.807) is 0 Å². The van der Waals surface area contributed by atoms with E-state index in [4.69, 9.17) is 4.74 Å². The van der Waals surface area contributed by atoms with Crippen LogP contribution in [0.25, 0.3) is 0 Å². The molecular weight excluding hydrogens is 320 g/mol. The van der Waals surface area contributed by atoms with Gasteiger partial charge in [0.2, 0.25) is 5.90 Å². The van der Waals surface area contributed by atoms with E-state index >= 15 is 0 Å². The smallest absolute Gasteiger partial charge is 0.221 e. The summed E-state index contributed by atoms with van der Waals surface area (Å²) in [6.45, 7) is 2.68. The first kappa shape index (κ1) is 16.4. The summed E-state index contributed by atoms with van der Waals surface area (Å²) in [5, 5.41) is 14.8. The summed E-state index contributed by atoms with van der Waals surface area (Å²) < 4.78 is 6.38. The van der Waals surface area contributed by atoms with Crippen LogP contribution in [-0.4, -0.2) is 29.9 Å². The number of hydrogen-bond donors (Lipinski definition) is 2. The number of fused-ring (bicyclic) bond motifs is 3. The van der Waals surface area contributed by atoms with Gasteiger partial charge in [-0.2, -0.15) is 0 Å². The lowest BCUT2D eigenvalue weighted by Gasteiger charge is -2.26. The first-order valence-corrected chi connectivity index (χ1v) is 10.4. The van der Waals surface area contributed by atoms with Crippen molar-refractivity contribution in [2.75, 3.05) is 12.0 Å². The van der Waals surface area contributed by atoms with E-state index in [9.17, 15) is 5.11 Å². The molecule has 1 aliphatic heterocycles. The van der Waals surface area contributed by atoms with Crippen LogP contribution in [0.2, 0.25) is 0 Å². The minimum Gasteiger partial charge on any atom is -0.474 e. The molecule has 1 aromatic heterocycles. The second-order valence-electron chi connectivity index (χ2n) is 7.35. The van der Waals surface area contributed by atoms with Crippen molar-refractivity contribution in [2.24, 2.45) is 4.99 Å². The Labute approximate surface area is 148 Å². The number of ether oxygens (including phenoxy) is 1. The molecule has 0 saturated heterocycles. The number of nitrogens with zero attached hydrogens (tertiary/aromatic N) is 1. The number of aliphatic hydroxyl groups excluding tert-OH is 1. The molecule has 1 aromatic rings. The van der Waals surface area contributed by atoms with Gasteiger partial charge in [-0.05, 0) is 62.8 Å². The summed E-state index contributed by atoms with van der Waals surface area (Å²) in [5.74, 6) is 1.32. The Morgan fingerprint density at radius 2 is 2.12 bits per heavy atom. The van der Waals surface area contributed by atoms with Crippen LogP contribution >= 0.6 is 11.3 Å². The number of nitrogens with one attached hydrogen (secondary N) is 1. The van der Waals surface area contributed by atoms with E-state index in [1.165, 1.54) is 40.3 Å². The third kappa shape index (κ3) is 3.08. The Hall–Kier alpha value is -1.07. The highest BCUT2D eigenvalue weighted by Crippen LogP contribution is 2.48. The van der Waals surface area contributed by atoms with Crippen molar-refractivity contribution >= 4 is 22.2 Å². The fourth-order valence-electron chi connectivity index (χ4n) is 4.32. The fourth-order valence-corrected chi connectivity index (χ4v) is 5.61. The molecule has 132 valence electrons. The molecule has 1 fully saturated rings. The Kier molecular flexibility index (Phi) is 4.81. The largest absolute Gasteiger partial charge is 0.474 e. The normalized spacial score (nSPS) is 24.8. The monoisotopic (exact) mass is 348 g/mol. The first-order chi connectivity index (χ1) is 11.8. The summed E-state index contributed by atoms with van der Waals surface area (Å²) in [7, 11) is 0. The van der Waals surface area contributed by atoms with Crippen LogP contribution in [0.3, 0.4) is 0 Å². The zero-order chi connectivity index (χ0) is 16.5. The molecule has 4 rings (SSSR count). The molecule has 2 heterocycles. The molecule has 24 heavy (non-hydrogen) atoms.